The largest absolute Gasteiger partial charge is 0.493 e. The van der Waals surface area contributed by atoms with Crippen molar-refractivity contribution in [3.8, 4) is 5.75 Å². The van der Waals surface area contributed by atoms with E-state index >= 15 is 0 Å². The monoisotopic (exact) mass is 338 g/mol. The van der Waals surface area contributed by atoms with Gasteiger partial charge in [-0.3, -0.25) is 4.79 Å². The van der Waals surface area contributed by atoms with Gasteiger partial charge in [-0.2, -0.15) is 0 Å². The molecule has 0 saturated heterocycles. The Balaban J connectivity index is 1.39. The Kier molecular flexibility index (Phi) is 4.17. The number of benzene rings is 2. The summed E-state index contributed by atoms with van der Waals surface area (Å²) in [4.78, 5) is 16.9. The van der Waals surface area contributed by atoms with Gasteiger partial charge in [-0.1, -0.05) is 30.3 Å². The number of aromatic nitrogens is 1. The van der Waals surface area contributed by atoms with E-state index in [4.69, 9.17) is 4.74 Å². The zero-order valence-corrected chi connectivity index (χ0v) is 14.0. The van der Waals surface area contributed by atoms with Crippen LogP contribution in [0.25, 0.3) is 10.2 Å². The SMILES string of the molecule is O=C(CCc1nc2ccccc2s1)NC1CCOc2ccccc21. The average molecular weight is 338 g/mol. The van der Waals surface area contributed by atoms with Crippen LogP contribution in [0, 0.1) is 0 Å². The Hall–Kier alpha value is -2.40. The van der Waals surface area contributed by atoms with Gasteiger partial charge in [-0.25, -0.2) is 4.98 Å². The van der Waals surface area contributed by atoms with Crippen LogP contribution in [0.4, 0.5) is 0 Å². The zero-order chi connectivity index (χ0) is 16.4. The molecule has 1 aromatic heterocycles. The van der Waals surface area contributed by atoms with Gasteiger partial charge in [-0.15, -0.1) is 11.3 Å². The standard InChI is InChI=1S/C19H18N2O2S/c22-18(9-10-19-21-15-6-2-4-8-17(15)24-19)20-14-11-12-23-16-7-3-1-5-13(14)16/h1-8,14H,9-12H2,(H,20,22). The summed E-state index contributed by atoms with van der Waals surface area (Å²) in [5.41, 5.74) is 2.08. The van der Waals surface area contributed by atoms with Crippen molar-refractivity contribution in [2.75, 3.05) is 6.61 Å². The lowest BCUT2D eigenvalue weighted by Gasteiger charge is -2.26. The number of rotatable bonds is 4. The number of amides is 1. The van der Waals surface area contributed by atoms with Crippen LogP contribution in [0.1, 0.15) is 29.5 Å². The van der Waals surface area contributed by atoms with Crippen LogP contribution in [-0.2, 0) is 11.2 Å². The minimum absolute atomic E-state index is 0.0396. The van der Waals surface area contributed by atoms with Gasteiger partial charge in [0.1, 0.15) is 5.75 Å². The maximum Gasteiger partial charge on any atom is 0.220 e. The predicted octanol–water partition coefficient (Wildman–Crippen LogP) is 3.87. The molecule has 0 fully saturated rings. The number of fused-ring (bicyclic) bond motifs is 2. The van der Waals surface area contributed by atoms with Crippen LogP contribution in [0.15, 0.2) is 48.5 Å². The third kappa shape index (κ3) is 3.12. The molecule has 1 unspecified atom stereocenters. The van der Waals surface area contributed by atoms with E-state index in [-0.39, 0.29) is 11.9 Å². The van der Waals surface area contributed by atoms with E-state index in [2.05, 4.69) is 16.4 Å². The van der Waals surface area contributed by atoms with E-state index in [0.29, 0.717) is 19.4 Å². The minimum Gasteiger partial charge on any atom is -0.493 e. The Labute approximate surface area is 144 Å². The second kappa shape index (κ2) is 6.61. The summed E-state index contributed by atoms with van der Waals surface area (Å²) in [6.45, 7) is 0.639. The Morgan fingerprint density at radius 2 is 2.04 bits per heavy atom. The van der Waals surface area contributed by atoms with E-state index in [1.165, 1.54) is 4.70 Å². The van der Waals surface area contributed by atoms with Crippen molar-refractivity contribution in [2.45, 2.75) is 25.3 Å². The van der Waals surface area contributed by atoms with Gasteiger partial charge in [0.2, 0.25) is 5.91 Å². The molecule has 3 aromatic rings. The van der Waals surface area contributed by atoms with E-state index < -0.39 is 0 Å². The van der Waals surface area contributed by atoms with Crippen LogP contribution < -0.4 is 10.1 Å². The molecule has 4 nitrogen and oxygen atoms in total. The van der Waals surface area contributed by atoms with Crippen LogP contribution in [0.5, 0.6) is 5.75 Å². The highest BCUT2D eigenvalue weighted by atomic mass is 32.1. The van der Waals surface area contributed by atoms with Gasteiger partial charge in [0.05, 0.1) is 27.9 Å². The van der Waals surface area contributed by atoms with Gasteiger partial charge in [0.15, 0.2) is 0 Å². The van der Waals surface area contributed by atoms with Crippen LogP contribution in [0.3, 0.4) is 0 Å². The van der Waals surface area contributed by atoms with E-state index in [1.807, 2.05) is 42.5 Å². The van der Waals surface area contributed by atoms with E-state index in [1.54, 1.807) is 11.3 Å². The average Bonchev–Trinajstić information content (AvgIpc) is 3.03. The summed E-state index contributed by atoms with van der Waals surface area (Å²) in [5, 5.41) is 4.15. The van der Waals surface area contributed by atoms with Crippen molar-refractivity contribution >= 4 is 27.5 Å². The van der Waals surface area contributed by atoms with Gasteiger partial charge < -0.3 is 10.1 Å². The molecule has 1 N–H and O–H groups in total. The Morgan fingerprint density at radius 3 is 2.96 bits per heavy atom. The molecule has 2 aromatic carbocycles. The van der Waals surface area contributed by atoms with Gasteiger partial charge in [-0.05, 0) is 18.2 Å². The molecule has 0 bridgehead atoms. The van der Waals surface area contributed by atoms with Gasteiger partial charge in [0.25, 0.3) is 0 Å². The third-order valence-corrected chi connectivity index (χ3v) is 5.29. The number of aryl methyl sites for hydroxylation is 1. The fraction of sp³-hybridized carbons (Fsp3) is 0.263. The second-order valence-electron chi connectivity index (χ2n) is 5.87. The normalized spacial score (nSPS) is 16.4. The number of thiazole rings is 1. The lowest BCUT2D eigenvalue weighted by molar-refractivity contribution is -0.122. The van der Waals surface area contributed by atoms with Crippen molar-refractivity contribution in [3.63, 3.8) is 0 Å². The predicted molar refractivity (Wildman–Crippen MR) is 95.4 cm³/mol. The number of para-hydroxylation sites is 2. The first-order valence-corrected chi connectivity index (χ1v) is 8.97. The number of nitrogens with one attached hydrogen (secondary N) is 1. The van der Waals surface area contributed by atoms with E-state index in [9.17, 15) is 4.79 Å². The van der Waals surface area contributed by atoms with Gasteiger partial charge >= 0.3 is 0 Å². The fourth-order valence-corrected chi connectivity index (χ4v) is 3.97. The van der Waals surface area contributed by atoms with Crippen molar-refractivity contribution in [2.24, 2.45) is 0 Å². The molecule has 1 aliphatic rings. The lowest BCUT2D eigenvalue weighted by atomic mass is 10.0. The number of carbonyl (C=O) groups is 1. The molecule has 0 spiro atoms. The first-order chi connectivity index (χ1) is 11.8. The van der Waals surface area contributed by atoms with Crippen LogP contribution in [0.2, 0.25) is 0 Å². The summed E-state index contributed by atoms with van der Waals surface area (Å²) in [6.07, 6.45) is 1.94. The summed E-state index contributed by atoms with van der Waals surface area (Å²) in [6, 6.07) is 16.0. The summed E-state index contributed by atoms with van der Waals surface area (Å²) >= 11 is 1.66. The molecule has 0 aliphatic carbocycles. The quantitative estimate of drug-likeness (QED) is 0.786. The molecule has 1 aliphatic heterocycles. The third-order valence-electron chi connectivity index (χ3n) is 4.20. The fourth-order valence-electron chi connectivity index (χ4n) is 3.01. The molecule has 122 valence electrons. The first-order valence-electron chi connectivity index (χ1n) is 8.15. The smallest absolute Gasteiger partial charge is 0.220 e. The molecule has 0 radical (unpaired) electrons. The van der Waals surface area contributed by atoms with E-state index in [0.717, 1.165) is 28.3 Å². The molecular weight excluding hydrogens is 320 g/mol. The molecule has 4 rings (SSSR count). The summed E-state index contributed by atoms with van der Waals surface area (Å²) < 4.78 is 6.81. The summed E-state index contributed by atoms with van der Waals surface area (Å²) in [5.74, 6) is 0.941. The topological polar surface area (TPSA) is 51.2 Å². The highest BCUT2D eigenvalue weighted by Crippen LogP contribution is 2.31. The highest BCUT2D eigenvalue weighted by molar-refractivity contribution is 7.18. The number of hydrogen-bond acceptors (Lipinski definition) is 4. The molecule has 24 heavy (non-hydrogen) atoms. The molecule has 5 heteroatoms. The number of nitrogens with zero attached hydrogens (tertiary/aromatic N) is 1. The highest BCUT2D eigenvalue weighted by Gasteiger charge is 2.22. The van der Waals surface area contributed by atoms with Crippen molar-refractivity contribution in [1.29, 1.82) is 0 Å². The van der Waals surface area contributed by atoms with Crippen LogP contribution >= 0.6 is 11.3 Å². The van der Waals surface area contributed by atoms with Crippen LogP contribution in [-0.4, -0.2) is 17.5 Å². The Morgan fingerprint density at radius 1 is 1.21 bits per heavy atom. The maximum absolute atomic E-state index is 12.3. The first kappa shape index (κ1) is 15.1. The second-order valence-corrected chi connectivity index (χ2v) is 6.99. The lowest BCUT2D eigenvalue weighted by Crippen LogP contribution is -2.32. The molecule has 2 heterocycles. The molecule has 0 saturated carbocycles. The molecule has 1 amide bonds. The number of carbonyl (C=O) groups excluding carboxylic acids is 1. The number of ether oxygens (including phenoxy) is 1. The minimum atomic E-state index is 0.0396. The zero-order valence-electron chi connectivity index (χ0n) is 13.2. The van der Waals surface area contributed by atoms with Gasteiger partial charge in [0, 0.05) is 24.8 Å². The maximum atomic E-state index is 12.3. The molecule has 1 atom stereocenters. The molecular formula is C19H18N2O2S. The summed E-state index contributed by atoms with van der Waals surface area (Å²) in [7, 11) is 0. The van der Waals surface area contributed by atoms with Crippen molar-refractivity contribution < 1.29 is 9.53 Å². The number of hydrogen-bond donors (Lipinski definition) is 1. The van der Waals surface area contributed by atoms with Crippen molar-refractivity contribution in [1.82, 2.24) is 10.3 Å². The Bertz CT molecular complexity index is 841. The van der Waals surface area contributed by atoms with Crippen molar-refractivity contribution in [3.05, 3.63) is 59.1 Å².